The third-order valence-corrected chi connectivity index (χ3v) is 4.91. The number of morpholine rings is 1. The zero-order valence-corrected chi connectivity index (χ0v) is 16.8. The lowest BCUT2D eigenvalue weighted by Gasteiger charge is -2.34. The molecule has 1 saturated heterocycles. The summed E-state index contributed by atoms with van der Waals surface area (Å²) in [6, 6.07) is 10.8. The summed E-state index contributed by atoms with van der Waals surface area (Å²) < 4.78 is 7.49. The standard InChI is InChI=1S/C21H22N6O3/c1-14(28)24-16-5-3-15(4-6-16)19-12-27(9-10-30-19)21-25-18(11-20(29)26(21)2)17-7-8-22-13-23-17/h3-8,11,13,19H,9-10,12H2,1-2H3,(H,24,28)/t19-/m1/s1. The zero-order chi connectivity index (χ0) is 21.1. The minimum Gasteiger partial charge on any atom is -0.370 e. The Labute approximate surface area is 173 Å². The number of hydrogen-bond acceptors (Lipinski definition) is 7. The third-order valence-electron chi connectivity index (χ3n) is 4.91. The van der Waals surface area contributed by atoms with Crippen LogP contribution in [0.15, 0.2) is 53.7 Å². The van der Waals surface area contributed by atoms with Gasteiger partial charge in [0, 0.05) is 38.5 Å². The molecule has 0 radical (unpaired) electrons. The van der Waals surface area contributed by atoms with Crippen molar-refractivity contribution in [3.05, 3.63) is 64.8 Å². The van der Waals surface area contributed by atoms with Crippen molar-refractivity contribution >= 4 is 17.5 Å². The molecule has 0 saturated carbocycles. The van der Waals surface area contributed by atoms with E-state index in [1.807, 2.05) is 29.2 Å². The van der Waals surface area contributed by atoms with Gasteiger partial charge in [-0.25, -0.2) is 15.0 Å². The Morgan fingerprint density at radius 1 is 1.20 bits per heavy atom. The summed E-state index contributed by atoms with van der Waals surface area (Å²) in [5.74, 6) is 0.456. The number of nitrogens with zero attached hydrogens (tertiary/aromatic N) is 5. The van der Waals surface area contributed by atoms with Gasteiger partial charge in [0.25, 0.3) is 5.56 Å². The Bertz CT molecular complexity index is 1100. The van der Waals surface area contributed by atoms with E-state index in [4.69, 9.17) is 9.72 Å². The number of carbonyl (C=O) groups excluding carboxylic acids is 1. The average Bonchev–Trinajstić information content (AvgIpc) is 2.76. The molecule has 0 aliphatic carbocycles. The molecule has 9 heteroatoms. The van der Waals surface area contributed by atoms with E-state index in [-0.39, 0.29) is 17.6 Å². The zero-order valence-electron chi connectivity index (χ0n) is 16.8. The van der Waals surface area contributed by atoms with Gasteiger partial charge in [-0.1, -0.05) is 12.1 Å². The first-order chi connectivity index (χ1) is 14.5. The number of amides is 1. The van der Waals surface area contributed by atoms with E-state index >= 15 is 0 Å². The van der Waals surface area contributed by atoms with E-state index in [0.717, 1.165) is 11.3 Å². The second-order valence-electron chi connectivity index (χ2n) is 7.04. The number of anilines is 2. The highest BCUT2D eigenvalue weighted by Crippen LogP contribution is 2.26. The summed E-state index contributed by atoms with van der Waals surface area (Å²) in [5, 5.41) is 2.76. The molecule has 30 heavy (non-hydrogen) atoms. The second kappa shape index (κ2) is 8.42. The summed E-state index contributed by atoms with van der Waals surface area (Å²) in [6.07, 6.45) is 2.88. The van der Waals surface area contributed by atoms with Gasteiger partial charge in [-0.3, -0.25) is 14.2 Å². The summed E-state index contributed by atoms with van der Waals surface area (Å²) in [5.41, 5.74) is 2.68. The van der Waals surface area contributed by atoms with Gasteiger partial charge in [0.05, 0.1) is 24.5 Å². The van der Waals surface area contributed by atoms with E-state index in [2.05, 4.69) is 15.3 Å². The lowest BCUT2D eigenvalue weighted by atomic mass is 10.1. The van der Waals surface area contributed by atoms with Crippen molar-refractivity contribution in [1.82, 2.24) is 19.5 Å². The lowest BCUT2D eigenvalue weighted by molar-refractivity contribution is -0.114. The summed E-state index contributed by atoms with van der Waals surface area (Å²) in [6.45, 7) is 3.15. The highest BCUT2D eigenvalue weighted by Gasteiger charge is 2.25. The third kappa shape index (κ3) is 4.20. The first-order valence-electron chi connectivity index (χ1n) is 9.60. The van der Waals surface area contributed by atoms with Crippen LogP contribution < -0.4 is 15.8 Å². The fraction of sp³-hybridized carbons (Fsp3) is 0.286. The quantitative estimate of drug-likeness (QED) is 0.704. The average molecular weight is 406 g/mol. The van der Waals surface area contributed by atoms with E-state index < -0.39 is 0 Å². The fourth-order valence-electron chi connectivity index (χ4n) is 3.40. The second-order valence-corrected chi connectivity index (χ2v) is 7.04. The predicted octanol–water partition coefficient (Wildman–Crippen LogP) is 1.77. The Kier molecular flexibility index (Phi) is 5.53. The molecule has 4 rings (SSSR count). The van der Waals surface area contributed by atoms with Gasteiger partial charge in [0.2, 0.25) is 11.9 Å². The molecule has 1 aliphatic heterocycles. The smallest absolute Gasteiger partial charge is 0.255 e. The number of nitrogens with one attached hydrogen (secondary N) is 1. The molecule has 1 fully saturated rings. The van der Waals surface area contributed by atoms with E-state index in [1.165, 1.54) is 23.9 Å². The first-order valence-corrected chi connectivity index (χ1v) is 9.60. The van der Waals surface area contributed by atoms with Gasteiger partial charge in [-0.2, -0.15) is 0 Å². The van der Waals surface area contributed by atoms with Gasteiger partial charge in [-0.15, -0.1) is 0 Å². The van der Waals surface area contributed by atoms with Crippen LogP contribution >= 0.6 is 0 Å². The van der Waals surface area contributed by atoms with Crippen molar-refractivity contribution in [2.24, 2.45) is 7.05 Å². The molecule has 1 aromatic carbocycles. The van der Waals surface area contributed by atoms with Crippen LogP contribution in [0.2, 0.25) is 0 Å². The summed E-state index contributed by atoms with van der Waals surface area (Å²) in [7, 11) is 1.71. The number of hydrogen-bond donors (Lipinski definition) is 1. The van der Waals surface area contributed by atoms with Gasteiger partial charge in [-0.05, 0) is 23.8 Å². The Hall–Kier alpha value is -3.59. The molecule has 3 aromatic rings. The molecule has 1 amide bonds. The van der Waals surface area contributed by atoms with Crippen molar-refractivity contribution in [1.29, 1.82) is 0 Å². The van der Waals surface area contributed by atoms with Crippen LogP contribution in [0.3, 0.4) is 0 Å². The molecule has 1 aliphatic rings. The van der Waals surface area contributed by atoms with E-state index in [1.54, 1.807) is 19.3 Å². The number of aromatic nitrogens is 4. The highest BCUT2D eigenvalue weighted by molar-refractivity contribution is 5.88. The monoisotopic (exact) mass is 406 g/mol. The van der Waals surface area contributed by atoms with Crippen LogP contribution in [0.25, 0.3) is 11.4 Å². The van der Waals surface area contributed by atoms with Crippen molar-refractivity contribution in [3.8, 4) is 11.4 Å². The first kappa shape index (κ1) is 19.7. The number of ether oxygens (including phenoxy) is 1. The summed E-state index contributed by atoms with van der Waals surface area (Å²) >= 11 is 0. The van der Waals surface area contributed by atoms with Crippen molar-refractivity contribution < 1.29 is 9.53 Å². The van der Waals surface area contributed by atoms with Crippen LogP contribution in [-0.4, -0.2) is 45.1 Å². The predicted molar refractivity (Wildman–Crippen MR) is 112 cm³/mol. The Morgan fingerprint density at radius 3 is 2.70 bits per heavy atom. The van der Waals surface area contributed by atoms with Crippen molar-refractivity contribution in [2.75, 3.05) is 29.9 Å². The minimum atomic E-state index is -0.176. The van der Waals surface area contributed by atoms with Crippen molar-refractivity contribution in [3.63, 3.8) is 0 Å². The van der Waals surface area contributed by atoms with Crippen molar-refractivity contribution in [2.45, 2.75) is 13.0 Å². The molecular formula is C21H22N6O3. The topological polar surface area (TPSA) is 102 Å². The SMILES string of the molecule is CC(=O)Nc1ccc([C@H]2CN(c3nc(-c4ccncn4)cc(=O)n3C)CCO2)cc1. The highest BCUT2D eigenvalue weighted by atomic mass is 16.5. The minimum absolute atomic E-state index is 0.113. The number of rotatable bonds is 4. The lowest BCUT2D eigenvalue weighted by Crippen LogP contribution is -2.41. The normalized spacial score (nSPS) is 16.3. The number of benzene rings is 1. The summed E-state index contributed by atoms with van der Waals surface area (Å²) in [4.78, 5) is 38.6. The molecule has 3 heterocycles. The molecular weight excluding hydrogens is 384 g/mol. The van der Waals surface area contributed by atoms with Crippen LogP contribution in [-0.2, 0) is 16.6 Å². The van der Waals surface area contributed by atoms with Crippen LogP contribution in [0.5, 0.6) is 0 Å². The van der Waals surface area contributed by atoms with Crippen LogP contribution in [0, 0.1) is 0 Å². The molecule has 1 N–H and O–H groups in total. The Morgan fingerprint density at radius 2 is 2.00 bits per heavy atom. The fourth-order valence-corrected chi connectivity index (χ4v) is 3.40. The van der Waals surface area contributed by atoms with Gasteiger partial charge >= 0.3 is 0 Å². The molecule has 0 unspecified atom stereocenters. The maximum absolute atomic E-state index is 12.5. The number of carbonyl (C=O) groups is 1. The van der Waals surface area contributed by atoms with E-state index in [0.29, 0.717) is 37.0 Å². The van der Waals surface area contributed by atoms with Crippen LogP contribution in [0.1, 0.15) is 18.6 Å². The van der Waals surface area contributed by atoms with Gasteiger partial charge in [0.15, 0.2) is 0 Å². The molecule has 0 spiro atoms. The largest absolute Gasteiger partial charge is 0.370 e. The van der Waals surface area contributed by atoms with Gasteiger partial charge in [0.1, 0.15) is 12.4 Å². The molecule has 1 atom stereocenters. The maximum Gasteiger partial charge on any atom is 0.255 e. The maximum atomic E-state index is 12.5. The van der Waals surface area contributed by atoms with Crippen LogP contribution in [0.4, 0.5) is 11.6 Å². The molecule has 154 valence electrons. The van der Waals surface area contributed by atoms with E-state index in [9.17, 15) is 9.59 Å². The Balaban J connectivity index is 1.59. The van der Waals surface area contributed by atoms with Gasteiger partial charge < -0.3 is 15.0 Å². The molecule has 9 nitrogen and oxygen atoms in total. The molecule has 0 bridgehead atoms. The molecule has 2 aromatic heterocycles.